The number of fused-ring (bicyclic) bond motifs is 4. The summed E-state index contributed by atoms with van der Waals surface area (Å²) in [6.45, 7) is 9.88. The predicted molar refractivity (Wildman–Crippen MR) is 250 cm³/mol. The molecule has 6 amide bonds. The van der Waals surface area contributed by atoms with Crippen LogP contribution < -0.4 is 15.4 Å². The number of carbonyl (C=O) groups excluding carboxylic acids is 7. The summed E-state index contributed by atoms with van der Waals surface area (Å²) in [5.41, 5.74) is 4.00. The Hall–Kier alpha value is -6.11. The lowest BCUT2D eigenvalue weighted by atomic mass is 9.99. The summed E-state index contributed by atoms with van der Waals surface area (Å²) in [6.07, 6.45) is 4.88. The number of rotatable bonds is 18. The van der Waals surface area contributed by atoms with Crippen LogP contribution in [0.3, 0.4) is 0 Å². The maximum absolute atomic E-state index is 13.5. The molecule has 17 nitrogen and oxygen atoms in total. The molecule has 1 unspecified atom stereocenters. The van der Waals surface area contributed by atoms with Crippen molar-refractivity contribution in [2.75, 3.05) is 45.9 Å². The number of benzene rings is 2. The molecule has 2 atom stereocenters. The molecule has 2 saturated heterocycles. The number of Topliss-reactive ketones (excluding diaryl/α,β-unsaturated/α-hetero) is 1. The highest BCUT2D eigenvalue weighted by molar-refractivity contribution is 7.15. The fraction of sp³-hybridized carbons (Fsp3) is 0.458. The fourth-order valence-corrected chi connectivity index (χ4v) is 10.4. The lowest BCUT2D eigenvalue weighted by Crippen LogP contribution is -2.54. The molecule has 0 bridgehead atoms. The summed E-state index contributed by atoms with van der Waals surface area (Å²) in [5, 5.41) is 15.6. The zero-order valence-corrected chi connectivity index (χ0v) is 39.5. The summed E-state index contributed by atoms with van der Waals surface area (Å²) in [7, 11) is 0. The second kappa shape index (κ2) is 20.8. The number of imide groups is 2. The van der Waals surface area contributed by atoms with Crippen LogP contribution >= 0.6 is 22.9 Å². The van der Waals surface area contributed by atoms with E-state index in [9.17, 15) is 33.6 Å². The Bertz CT molecular complexity index is 2630. The van der Waals surface area contributed by atoms with Crippen molar-refractivity contribution in [3.63, 3.8) is 0 Å². The molecule has 2 aromatic carbocycles. The Kier molecular flexibility index (Phi) is 14.7. The maximum atomic E-state index is 13.5. The van der Waals surface area contributed by atoms with Gasteiger partial charge in [-0.25, -0.2) is 0 Å². The van der Waals surface area contributed by atoms with Crippen LogP contribution in [-0.2, 0) is 24.0 Å². The minimum absolute atomic E-state index is 0.00831. The standard InChI is InChI=1S/C48H54ClN9O8S/c1-28-29(2)67-48-41(28)43(31-14-16-32(49)17-15-31)51-35(44-54-53-30(3)57(44)48)26-33(59)10-6-8-21-55-22-24-56(25-23-55)40(62)13-5-4-7-20-50-39(61)27-66-37-12-9-11-34-42(37)47(65)58(46(34)64)36-18-19-38(60)52-45(36)63/h9,11-12,14-17,35-36H,4-8,10,13,18-27H2,1-3H3,(H,50,61)(H,52,60,63)/t35-,36?/m0/s1. The van der Waals surface area contributed by atoms with E-state index in [0.29, 0.717) is 56.2 Å². The monoisotopic (exact) mass is 951 g/mol. The summed E-state index contributed by atoms with van der Waals surface area (Å²) in [6, 6.07) is 10.6. The van der Waals surface area contributed by atoms with Gasteiger partial charge in [-0.2, -0.15) is 0 Å². The van der Waals surface area contributed by atoms with E-state index in [-0.39, 0.29) is 54.4 Å². The van der Waals surface area contributed by atoms with Gasteiger partial charge in [-0.1, -0.05) is 36.2 Å². The Morgan fingerprint density at radius 1 is 0.881 bits per heavy atom. The number of aromatic nitrogens is 3. The third-order valence-corrected chi connectivity index (χ3v) is 14.3. The van der Waals surface area contributed by atoms with Gasteiger partial charge in [0.05, 0.1) is 16.8 Å². The van der Waals surface area contributed by atoms with Crippen LogP contribution in [-0.4, -0.2) is 128 Å². The van der Waals surface area contributed by atoms with E-state index < -0.39 is 41.6 Å². The van der Waals surface area contributed by atoms with Crippen molar-refractivity contribution in [2.45, 2.75) is 97.1 Å². The van der Waals surface area contributed by atoms with E-state index in [1.54, 1.807) is 11.3 Å². The molecule has 0 radical (unpaired) electrons. The fourth-order valence-electron chi connectivity index (χ4n) is 9.09. The van der Waals surface area contributed by atoms with Crippen molar-refractivity contribution < 1.29 is 38.3 Å². The number of unbranched alkanes of at least 4 members (excludes halogenated alkanes) is 3. The minimum atomic E-state index is -1.10. The van der Waals surface area contributed by atoms with Crippen molar-refractivity contribution >= 4 is 69.9 Å². The lowest BCUT2D eigenvalue weighted by molar-refractivity contribution is -0.136. The molecule has 19 heteroatoms. The highest BCUT2D eigenvalue weighted by Gasteiger charge is 2.46. The van der Waals surface area contributed by atoms with Crippen LogP contribution in [0.1, 0.15) is 124 Å². The molecule has 67 heavy (non-hydrogen) atoms. The Morgan fingerprint density at radius 3 is 2.40 bits per heavy atom. The van der Waals surface area contributed by atoms with E-state index in [1.807, 2.05) is 36.1 Å². The van der Waals surface area contributed by atoms with Crippen LogP contribution in [0.4, 0.5) is 0 Å². The number of hydrogen-bond donors (Lipinski definition) is 2. The van der Waals surface area contributed by atoms with Gasteiger partial charge in [0.25, 0.3) is 17.7 Å². The summed E-state index contributed by atoms with van der Waals surface area (Å²) in [5.74, 6) is -1.20. The van der Waals surface area contributed by atoms with E-state index in [4.69, 9.17) is 21.3 Å². The van der Waals surface area contributed by atoms with Crippen LogP contribution in [0.15, 0.2) is 47.5 Å². The van der Waals surface area contributed by atoms with Crippen LogP contribution in [0.25, 0.3) is 5.00 Å². The molecule has 0 aliphatic carbocycles. The molecule has 0 spiro atoms. The largest absolute Gasteiger partial charge is 0.483 e. The minimum Gasteiger partial charge on any atom is -0.483 e. The van der Waals surface area contributed by atoms with Crippen molar-refractivity contribution in [2.24, 2.45) is 4.99 Å². The molecule has 4 aromatic rings. The Labute approximate surface area is 397 Å². The molecule has 6 heterocycles. The molecule has 2 fully saturated rings. The first kappa shape index (κ1) is 47.4. The average molecular weight is 953 g/mol. The third-order valence-electron chi connectivity index (χ3n) is 12.9. The highest BCUT2D eigenvalue weighted by atomic mass is 35.5. The van der Waals surface area contributed by atoms with Gasteiger partial charge in [-0.3, -0.25) is 58.2 Å². The number of amides is 6. The first-order valence-electron chi connectivity index (χ1n) is 22.9. The third kappa shape index (κ3) is 10.4. The summed E-state index contributed by atoms with van der Waals surface area (Å²) < 4.78 is 7.72. The molecule has 2 aromatic heterocycles. The van der Waals surface area contributed by atoms with Gasteiger partial charge in [0.1, 0.15) is 34.4 Å². The first-order valence-corrected chi connectivity index (χ1v) is 24.1. The van der Waals surface area contributed by atoms with Crippen molar-refractivity contribution in [1.82, 2.24) is 40.1 Å². The number of piperidine rings is 1. The zero-order chi connectivity index (χ0) is 47.4. The van der Waals surface area contributed by atoms with E-state index in [0.717, 1.165) is 77.0 Å². The lowest BCUT2D eigenvalue weighted by Gasteiger charge is -2.34. The quantitative estimate of drug-likeness (QED) is 0.0976. The van der Waals surface area contributed by atoms with E-state index in [2.05, 4.69) is 44.1 Å². The number of ketones is 1. The van der Waals surface area contributed by atoms with Crippen molar-refractivity contribution in [3.8, 4) is 10.8 Å². The average Bonchev–Trinajstić information content (AvgIpc) is 3.89. The van der Waals surface area contributed by atoms with Gasteiger partial charge in [-0.15, -0.1) is 21.5 Å². The summed E-state index contributed by atoms with van der Waals surface area (Å²) in [4.78, 5) is 101. The first-order chi connectivity index (χ1) is 32.3. The molecule has 0 saturated carbocycles. The highest BCUT2D eigenvalue weighted by Crippen LogP contribution is 2.40. The number of piperazine rings is 1. The van der Waals surface area contributed by atoms with Gasteiger partial charge in [0.15, 0.2) is 12.4 Å². The second-order valence-corrected chi connectivity index (χ2v) is 19.0. The molecule has 352 valence electrons. The van der Waals surface area contributed by atoms with E-state index >= 15 is 0 Å². The number of halogens is 1. The normalized spacial score (nSPS) is 18.2. The van der Waals surface area contributed by atoms with Gasteiger partial charge >= 0.3 is 0 Å². The van der Waals surface area contributed by atoms with Gasteiger partial charge in [0, 0.05) is 79.4 Å². The van der Waals surface area contributed by atoms with Gasteiger partial charge < -0.3 is 15.0 Å². The van der Waals surface area contributed by atoms with Crippen molar-refractivity contribution in [1.29, 1.82) is 0 Å². The SMILES string of the molecule is Cc1sc2c(c1C)C(c1ccc(Cl)cc1)=N[C@@H](CC(=O)CCCCN1CCN(C(=O)CCCCCNC(=O)COc3cccc4c3C(=O)N(C3CCC(=O)NC3=O)C4=O)CC1)c1nnc(C)n1-2. The topological polar surface area (TPSA) is 206 Å². The number of carbonyl (C=O) groups is 7. The molecular weight excluding hydrogens is 898 g/mol. The number of thiophene rings is 1. The van der Waals surface area contributed by atoms with E-state index in [1.165, 1.54) is 23.1 Å². The van der Waals surface area contributed by atoms with Gasteiger partial charge in [-0.05, 0) is 89.2 Å². The van der Waals surface area contributed by atoms with Crippen LogP contribution in [0.5, 0.6) is 5.75 Å². The number of aliphatic imine (C=N–C) groups is 1. The molecular formula is C48H54ClN9O8S. The zero-order valence-electron chi connectivity index (χ0n) is 37.9. The van der Waals surface area contributed by atoms with Gasteiger partial charge in [0.2, 0.25) is 17.7 Å². The van der Waals surface area contributed by atoms with Crippen LogP contribution in [0.2, 0.25) is 5.02 Å². The molecule has 2 N–H and O–H groups in total. The number of aryl methyl sites for hydroxylation is 2. The molecule has 4 aliphatic rings. The Balaban J connectivity index is 0.710. The second-order valence-electron chi connectivity index (χ2n) is 17.4. The smallest absolute Gasteiger partial charge is 0.266 e. The number of nitrogens with one attached hydrogen (secondary N) is 2. The number of ether oxygens (including phenoxy) is 1. The molecule has 8 rings (SSSR count). The molecule has 4 aliphatic heterocycles. The van der Waals surface area contributed by atoms with Crippen molar-refractivity contribution in [3.05, 3.63) is 91.8 Å². The maximum Gasteiger partial charge on any atom is 0.266 e. The number of nitrogens with zero attached hydrogens (tertiary/aromatic N) is 7. The Morgan fingerprint density at radius 2 is 1.64 bits per heavy atom. The predicted octanol–water partition coefficient (Wildman–Crippen LogP) is 5.23. The summed E-state index contributed by atoms with van der Waals surface area (Å²) >= 11 is 7.93. The number of hydrogen-bond acceptors (Lipinski definition) is 13. The van der Waals surface area contributed by atoms with Crippen LogP contribution in [0, 0.1) is 20.8 Å².